The molecule has 1 N–H and O–H groups in total. The third-order valence-electron chi connectivity index (χ3n) is 2.52. The van der Waals surface area contributed by atoms with Gasteiger partial charge in [0.15, 0.2) is 0 Å². The van der Waals surface area contributed by atoms with Crippen molar-refractivity contribution in [3.05, 3.63) is 27.3 Å². The number of carbonyl (C=O) groups is 1. The quantitative estimate of drug-likeness (QED) is 0.749. The van der Waals surface area contributed by atoms with Crippen LogP contribution in [0.5, 0.6) is 0 Å². The van der Waals surface area contributed by atoms with Crippen molar-refractivity contribution in [1.82, 2.24) is 0 Å². The number of rotatable bonds is 4. The molecule has 0 atom stereocenters. The molecular formula is C13H15F3INO. The summed E-state index contributed by atoms with van der Waals surface area (Å²) in [5.74, 6) is 0.122. The third kappa shape index (κ3) is 5.38. The van der Waals surface area contributed by atoms with Crippen LogP contribution in [0.2, 0.25) is 0 Å². The van der Waals surface area contributed by atoms with Crippen molar-refractivity contribution in [2.24, 2.45) is 5.92 Å². The Kier molecular flexibility index (Phi) is 5.64. The smallest absolute Gasteiger partial charge is 0.325 e. The lowest BCUT2D eigenvalue weighted by Crippen LogP contribution is -2.14. The largest absolute Gasteiger partial charge is 0.416 e. The molecule has 0 unspecified atom stereocenters. The first-order valence-electron chi connectivity index (χ1n) is 5.86. The van der Waals surface area contributed by atoms with Crippen LogP contribution in [0.1, 0.15) is 32.3 Å². The number of nitrogens with one attached hydrogen (secondary N) is 1. The van der Waals surface area contributed by atoms with Crippen LogP contribution in [0.15, 0.2) is 18.2 Å². The fraction of sp³-hybridized carbons (Fsp3) is 0.462. The highest BCUT2D eigenvalue weighted by molar-refractivity contribution is 14.1. The van der Waals surface area contributed by atoms with E-state index in [4.69, 9.17) is 0 Å². The summed E-state index contributed by atoms with van der Waals surface area (Å²) in [4.78, 5) is 11.6. The second-order valence-electron chi connectivity index (χ2n) is 4.67. The van der Waals surface area contributed by atoms with Crippen LogP contribution in [-0.4, -0.2) is 5.91 Å². The van der Waals surface area contributed by atoms with Crippen LogP contribution in [0.25, 0.3) is 0 Å². The van der Waals surface area contributed by atoms with Gasteiger partial charge in [0.2, 0.25) is 5.91 Å². The second kappa shape index (κ2) is 6.58. The van der Waals surface area contributed by atoms with Gasteiger partial charge in [-0.2, -0.15) is 13.2 Å². The van der Waals surface area contributed by atoms with E-state index >= 15 is 0 Å². The molecule has 106 valence electrons. The minimum atomic E-state index is -4.40. The number of alkyl halides is 3. The van der Waals surface area contributed by atoms with Crippen LogP contribution in [0, 0.1) is 9.49 Å². The molecule has 1 rings (SSSR count). The molecule has 2 nitrogen and oxygen atoms in total. The monoisotopic (exact) mass is 385 g/mol. The van der Waals surface area contributed by atoms with Crippen molar-refractivity contribution in [2.45, 2.75) is 32.9 Å². The molecule has 0 fully saturated rings. The molecule has 0 aliphatic carbocycles. The van der Waals surface area contributed by atoms with E-state index in [9.17, 15) is 18.0 Å². The molecule has 0 saturated carbocycles. The maximum atomic E-state index is 12.6. The van der Waals surface area contributed by atoms with Crippen LogP contribution < -0.4 is 5.32 Å². The van der Waals surface area contributed by atoms with Gasteiger partial charge in [0.05, 0.1) is 11.3 Å². The van der Waals surface area contributed by atoms with E-state index in [2.05, 4.69) is 5.32 Å². The number of hydrogen-bond donors (Lipinski definition) is 1. The predicted octanol–water partition coefficient (Wildman–Crippen LogP) is 4.68. The Bertz CT molecular complexity index is 458. The molecule has 0 aliphatic heterocycles. The first-order chi connectivity index (χ1) is 8.70. The summed E-state index contributed by atoms with van der Waals surface area (Å²) < 4.78 is 38.3. The van der Waals surface area contributed by atoms with E-state index in [0.717, 1.165) is 12.1 Å². The molecule has 1 aromatic rings. The van der Waals surface area contributed by atoms with Crippen LogP contribution >= 0.6 is 22.6 Å². The average molecular weight is 385 g/mol. The second-order valence-corrected chi connectivity index (χ2v) is 5.84. The van der Waals surface area contributed by atoms with E-state index in [0.29, 0.717) is 22.3 Å². The normalized spacial score (nSPS) is 11.7. The van der Waals surface area contributed by atoms with E-state index in [1.807, 2.05) is 36.4 Å². The molecule has 0 aromatic heterocycles. The fourth-order valence-electron chi connectivity index (χ4n) is 1.43. The fourth-order valence-corrected chi connectivity index (χ4v) is 1.90. The average Bonchev–Trinajstić information content (AvgIpc) is 2.28. The maximum Gasteiger partial charge on any atom is 0.416 e. The van der Waals surface area contributed by atoms with Gasteiger partial charge >= 0.3 is 6.18 Å². The maximum absolute atomic E-state index is 12.6. The molecular weight excluding hydrogens is 370 g/mol. The number of halogens is 4. The van der Waals surface area contributed by atoms with Gasteiger partial charge in [0.25, 0.3) is 0 Å². The van der Waals surface area contributed by atoms with Crippen LogP contribution in [0.4, 0.5) is 18.9 Å². The third-order valence-corrected chi connectivity index (χ3v) is 3.46. The van der Waals surface area contributed by atoms with E-state index in [1.165, 1.54) is 6.07 Å². The zero-order chi connectivity index (χ0) is 14.6. The summed E-state index contributed by atoms with van der Waals surface area (Å²) in [6.07, 6.45) is -3.38. The highest BCUT2D eigenvalue weighted by Gasteiger charge is 2.31. The minimum absolute atomic E-state index is 0.212. The van der Waals surface area contributed by atoms with Gasteiger partial charge in [-0.25, -0.2) is 0 Å². The lowest BCUT2D eigenvalue weighted by molar-refractivity contribution is -0.137. The summed E-state index contributed by atoms with van der Waals surface area (Å²) in [6.45, 7) is 3.97. The van der Waals surface area contributed by atoms with Gasteiger partial charge in [0.1, 0.15) is 0 Å². The molecule has 1 amide bonds. The Morgan fingerprint density at radius 1 is 1.37 bits per heavy atom. The molecule has 1 aromatic carbocycles. The van der Waals surface area contributed by atoms with Gasteiger partial charge in [-0.3, -0.25) is 4.79 Å². The summed E-state index contributed by atoms with van der Waals surface area (Å²) in [5.41, 5.74) is -0.545. The Balaban J connectivity index is 2.80. The molecule has 0 aliphatic rings. The standard InChI is InChI=1S/C13H15F3INO/c1-8(2)3-6-12(19)18-11-7-9(13(14,15)16)4-5-10(11)17/h4-5,7-8H,3,6H2,1-2H3,(H,18,19). The number of carbonyl (C=O) groups excluding carboxylic acids is 1. The molecule has 0 spiro atoms. The number of anilines is 1. The molecule has 0 heterocycles. The zero-order valence-corrected chi connectivity index (χ0v) is 12.8. The van der Waals surface area contributed by atoms with Crippen molar-refractivity contribution in [3.63, 3.8) is 0 Å². The summed E-state index contributed by atoms with van der Waals surface area (Å²) in [6, 6.07) is 3.32. The summed E-state index contributed by atoms with van der Waals surface area (Å²) >= 11 is 1.90. The Hall–Kier alpha value is -0.790. The Morgan fingerprint density at radius 2 is 2.00 bits per heavy atom. The molecule has 6 heteroatoms. The number of benzene rings is 1. The lowest BCUT2D eigenvalue weighted by Gasteiger charge is -2.12. The first kappa shape index (κ1) is 16.3. The molecule has 0 radical (unpaired) electrons. The van der Waals surface area contributed by atoms with Crippen LogP contribution in [-0.2, 0) is 11.0 Å². The first-order valence-corrected chi connectivity index (χ1v) is 6.94. The number of hydrogen-bond acceptors (Lipinski definition) is 1. The SMILES string of the molecule is CC(C)CCC(=O)Nc1cc(C(F)(F)F)ccc1I. The zero-order valence-electron chi connectivity index (χ0n) is 10.6. The van der Waals surface area contributed by atoms with Crippen molar-refractivity contribution >= 4 is 34.2 Å². The predicted molar refractivity (Wildman–Crippen MR) is 76.9 cm³/mol. The van der Waals surface area contributed by atoms with E-state index in [-0.39, 0.29) is 11.6 Å². The number of amides is 1. The lowest BCUT2D eigenvalue weighted by atomic mass is 10.1. The summed E-state index contributed by atoms with van der Waals surface area (Å²) in [7, 11) is 0. The van der Waals surface area contributed by atoms with Crippen molar-refractivity contribution in [3.8, 4) is 0 Å². The highest BCUT2D eigenvalue weighted by Crippen LogP contribution is 2.32. The molecule has 0 saturated heterocycles. The Labute approximate surface area is 123 Å². The minimum Gasteiger partial charge on any atom is -0.325 e. The van der Waals surface area contributed by atoms with E-state index < -0.39 is 11.7 Å². The van der Waals surface area contributed by atoms with Crippen molar-refractivity contribution in [1.29, 1.82) is 0 Å². The molecule has 19 heavy (non-hydrogen) atoms. The van der Waals surface area contributed by atoms with Gasteiger partial charge in [-0.05, 0) is 53.1 Å². The van der Waals surface area contributed by atoms with Crippen molar-refractivity contribution in [2.75, 3.05) is 5.32 Å². The van der Waals surface area contributed by atoms with Gasteiger partial charge in [-0.15, -0.1) is 0 Å². The highest BCUT2D eigenvalue weighted by atomic mass is 127. The summed E-state index contributed by atoms with van der Waals surface area (Å²) in [5, 5.41) is 2.53. The van der Waals surface area contributed by atoms with Gasteiger partial charge < -0.3 is 5.32 Å². The van der Waals surface area contributed by atoms with Crippen molar-refractivity contribution < 1.29 is 18.0 Å². The van der Waals surface area contributed by atoms with Gasteiger partial charge in [-0.1, -0.05) is 13.8 Å². The van der Waals surface area contributed by atoms with Gasteiger partial charge in [0, 0.05) is 9.99 Å². The van der Waals surface area contributed by atoms with E-state index in [1.54, 1.807) is 0 Å². The Morgan fingerprint density at radius 3 is 2.53 bits per heavy atom. The van der Waals surface area contributed by atoms with Crippen LogP contribution in [0.3, 0.4) is 0 Å². The molecule has 0 bridgehead atoms. The topological polar surface area (TPSA) is 29.1 Å².